The van der Waals surface area contributed by atoms with E-state index in [-0.39, 0.29) is 29.7 Å². The molecule has 3 aromatic carbocycles. The van der Waals surface area contributed by atoms with Crippen molar-refractivity contribution in [1.29, 1.82) is 0 Å². The largest absolute Gasteiger partial charge is 0.435 e. The summed E-state index contributed by atoms with van der Waals surface area (Å²) in [4.78, 5) is 41.6. The molecule has 2 aromatic heterocycles. The summed E-state index contributed by atoms with van der Waals surface area (Å²) < 4.78 is 33.6. The van der Waals surface area contributed by atoms with Crippen LogP contribution in [0.25, 0.3) is 11.3 Å². The van der Waals surface area contributed by atoms with Gasteiger partial charge in [0.05, 0.1) is 29.1 Å². The first-order chi connectivity index (χ1) is 22.1. The van der Waals surface area contributed by atoms with E-state index in [0.29, 0.717) is 69.0 Å². The third-order valence-electron chi connectivity index (χ3n) is 7.97. The van der Waals surface area contributed by atoms with Gasteiger partial charge in [-0.3, -0.25) is 19.0 Å². The summed E-state index contributed by atoms with van der Waals surface area (Å²) in [6.07, 6.45) is 3.03. The van der Waals surface area contributed by atoms with Crippen molar-refractivity contribution in [2.75, 3.05) is 13.6 Å². The highest BCUT2D eigenvalue weighted by atomic mass is 79.9. The zero-order chi connectivity index (χ0) is 32.5. The van der Waals surface area contributed by atoms with Crippen LogP contribution < -0.4 is 15.6 Å². The zero-order valence-electron chi connectivity index (χ0n) is 24.5. The number of aryl methyl sites for hydroxylation is 2. The molecule has 0 saturated heterocycles. The standard InChI is InChI=1S/C33H27BrClF2N5O4/c1-38-29(43)20-6-9-23(10-7-20)41-30-22(5-2-19-3-11-24(12-4-19)46-33(36)37)17-39-42(30)28-18-40(15-14-25(28)32(41)45)31(44)21-8-13-26(34)27(35)16-21/h3-4,6-13,16-17,33H,2,5,14-15,18H2,1H3,(H,38,43). The number of hydrogen-bond acceptors (Lipinski definition) is 5. The van der Waals surface area contributed by atoms with Crippen molar-refractivity contribution >= 4 is 45.0 Å². The van der Waals surface area contributed by atoms with Crippen molar-refractivity contribution in [2.45, 2.75) is 32.4 Å². The van der Waals surface area contributed by atoms with E-state index in [1.54, 1.807) is 81.8 Å². The Labute approximate surface area is 275 Å². The third-order valence-corrected chi connectivity index (χ3v) is 9.20. The molecule has 0 aliphatic carbocycles. The van der Waals surface area contributed by atoms with Crippen LogP contribution in [-0.4, -0.2) is 51.1 Å². The van der Waals surface area contributed by atoms with Crippen LogP contribution in [0.5, 0.6) is 5.75 Å². The van der Waals surface area contributed by atoms with Crippen LogP contribution in [-0.2, 0) is 25.8 Å². The second-order valence-corrected chi connectivity index (χ2v) is 12.0. The summed E-state index contributed by atoms with van der Waals surface area (Å²) in [5.74, 6) is -0.393. The van der Waals surface area contributed by atoms with Crippen molar-refractivity contribution in [2.24, 2.45) is 0 Å². The Morgan fingerprint density at radius 1 is 1.04 bits per heavy atom. The lowest BCUT2D eigenvalue weighted by molar-refractivity contribution is -0.0498. The summed E-state index contributed by atoms with van der Waals surface area (Å²) in [7, 11) is 1.55. The number of halogens is 4. The number of nitrogens with one attached hydrogen (secondary N) is 1. The lowest BCUT2D eigenvalue weighted by atomic mass is 10.0. The summed E-state index contributed by atoms with van der Waals surface area (Å²) in [6.45, 7) is -2.41. The third kappa shape index (κ3) is 6.14. The average molecular weight is 711 g/mol. The Hall–Kier alpha value is -4.55. The normalized spacial score (nSPS) is 12.8. The van der Waals surface area contributed by atoms with E-state index in [0.717, 1.165) is 11.1 Å². The minimum Gasteiger partial charge on any atom is -0.435 e. The lowest BCUT2D eigenvalue weighted by Gasteiger charge is -2.30. The number of fused-ring (bicyclic) bond motifs is 3. The monoisotopic (exact) mass is 709 g/mol. The van der Waals surface area contributed by atoms with Crippen LogP contribution in [0.4, 0.5) is 8.78 Å². The topological polar surface area (TPSA) is 97.9 Å². The number of ether oxygens (including phenoxy) is 1. The van der Waals surface area contributed by atoms with Crippen LogP contribution in [0.15, 0.2) is 82.2 Å². The molecule has 1 aliphatic heterocycles. The fraction of sp³-hybridized carbons (Fsp3) is 0.212. The molecule has 0 radical (unpaired) electrons. The van der Waals surface area contributed by atoms with Crippen molar-refractivity contribution in [3.05, 3.63) is 126 Å². The van der Waals surface area contributed by atoms with Gasteiger partial charge < -0.3 is 15.0 Å². The van der Waals surface area contributed by atoms with E-state index in [2.05, 4.69) is 26.0 Å². The Bertz CT molecular complexity index is 2010. The van der Waals surface area contributed by atoms with E-state index in [9.17, 15) is 23.2 Å². The average Bonchev–Trinajstić information content (AvgIpc) is 3.48. The molecule has 2 amide bonds. The molecule has 0 saturated carbocycles. The van der Waals surface area contributed by atoms with Gasteiger partial charge in [0.1, 0.15) is 11.4 Å². The molecule has 9 nitrogen and oxygen atoms in total. The number of alkyl halides is 2. The number of hydrogen-bond donors (Lipinski definition) is 1. The molecule has 5 aromatic rings. The summed E-state index contributed by atoms with van der Waals surface area (Å²) in [5.41, 5.74) is 4.56. The van der Waals surface area contributed by atoms with Crippen LogP contribution >= 0.6 is 27.5 Å². The maximum Gasteiger partial charge on any atom is 0.387 e. The van der Waals surface area contributed by atoms with Gasteiger partial charge in [0.25, 0.3) is 17.4 Å². The van der Waals surface area contributed by atoms with Gasteiger partial charge in [0.2, 0.25) is 0 Å². The molecule has 1 aliphatic rings. The zero-order valence-corrected chi connectivity index (χ0v) is 26.8. The van der Waals surface area contributed by atoms with Gasteiger partial charge in [-0.2, -0.15) is 13.9 Å². The minimum absolute atomic E-state index is 0.0694. The molecule has 0 fully saturated rings. The van der Waals surface area contributed by atoms with Gasteiger partial charge in [0, 0.05) is 40.3 Å². The molecule has 0 bridgehead atoms. The first-order valence-corrected chi connectivity index (χ1v) is 15.6. The highest BCUT2D eigenvalue weighted by Crippen LogP contribution is 2.27. The molecule has 13 heteroatoms. The molecule has 0 spiro atoms. The second kappa shape index (κ2) is 13.1. The smallest absolute Gasteiger partial charge is 0.387 e. The molecule has 1 N–H and O–H groups in total. The van der Waals surface area contributed by atoms with Gasteiger partial charge in [-0.05, 0) is 95.4 Å². The summed E-state index contributed by atoms with van der Waals surface area (Å²) >= 11 is 9.61. The molecule has 0 atom stereocenters. The maximum atomic E-state index is 14.2. The molecule has 6 rings (SSSR count). The van der Waals surface area contributed by atoms with Gasteiger partial charge in [-0.15, -0.1) is 0 Å². The fourth-order valence-corrected chi connectivity index (χ4v) is 6.07. The second-order valence-electron chi connectivity index (χ2n) is 10.7. The SMILES string of the molecule is CNC(=O)c1ccc(-n2c(=O)c3c(n4ncc(CCc5ccc(OC(F)F)cc5)c24)CN(C(=O)c2ccc(Br)c(Cl)c2)CC3)cc1. The van der Waals surface area contributed by atoms with Gasteiger partial charge in [0.15, 0.2) is 0 Å². The Balaban J connectivity index is 1.40. The summed E-state index contributed by atoms with van der Waals surface area (Å²) in [6, 6.07) is 18.2. The quantitative estimate of drug-likeness (QED) is 0.218. The number of nitrogens with zero attached hydrogens (tertiary/aromatic N) is 4. The number of benzene rings is 3. The predicted octanol–water partition coefficient (Wildman–Crippen LogP) is 5.85. The van der Waals surface area contributed by atoms with Crippen LogP contribution in [0.1, 0.15) is 43.1 Å². The Morgan fingerprint density at radius 3 is 2.43 bits per heavy atom. The van der Waals surface area contributed by atoms with E-state index in [1.807, 2.05) is 0 Å². The number of amides is 2. The highest BCUT2D eigenvalue weighted by molar-refractivity contribution is 9.10. The van der Waals surface area contributed by atoms with E-state index in [1.165, 1.54) is 12.1 Å². The van der Waals surface area contributed by atoms with Gasteiger partial charge in [-0.1, -0.05) is 23.7 Å². The van der Waals surface area contributed by atoms with Crippen LogP contribution in [0.2, 0.25) is 5.02 Å². The molecule has 3 heterocycles. The minimum atomic E-state index is -2.91. The fourth-order valence-electron chi connectivity index (χ4n) is 5.64. The van der Waals surface area contributed by atoms with Gasteiger partial charge >= 0.3 is 6.61 Å². The Kier molecular flexibility index (Phi) is 8.92. The van der Waals surface area contributed by atoms with Gasteiger partial charge in [-0.25, -0.2) is 4.52 Å². The van der Waals surface area contributed by atoms with Crippen molar-refractivity contribution in [1.82, 2.24) is 24.4 Å². The van der Waals surface area contributed by atoms with Crippen molar-refractivity contribution < 1.29 is 23.1 Å². The first-order valence-electron chi connectivity index (χ1n) is 14.4. The van der Waals surface area contributed by atoms with E-state index in [4.69, 9.17) is 16.7 Å². The molecular formula is C33H27BrClF2N5O4. The van der Waals surface area contributed by atoms with Crippen molar-refractivity contribution in [3.63, 3.8) is 0 Å². The molecule has 46 heavy (non-hydrogen) atoms. The molecular weight excluding hydrogens is 684 g/mol. The number of rotatable bonds is 8. The highest BCUT2D eigenvalue weighted by Gasteiger charge is 2.29. The molecule has 236 valence electrons. The number of carbonyl (C=O) groups excluding carboxylic acids is 2. The van der Waals surface area contributed by atoms with E-state index >= 15 is 0 Å². The van der Waals surface area contributed by atoms with Crippen LogP contribution in [0.3, 0.4) is 0 Å². The number of carbonyl (C=O) groups is 2. The van der Waals surface area contributed by atoms with Crippen LogP contribution in [0, 0.1) is 0 Å². The number of aromatic nitrogens is 3. The van der Waals surface area contributed by atoms with Crippen molar-refractivity contribution in [3.8, 4) is 11.4 Å². The summed E-state index contributed by atoms with van der Waals surface area (Å²) in [5, 5.41) is 7.71. The van der Waals surface area contributed by atoms with E-state index < -0.39 is 6.61 Å². The Morgan fingerprint density at radius 2 is 1.76 bits per heavy atom. The lowest BCUT2D eigenvalue weighted by Crippen LogP contribution is -2.41. The first kappa shape index (κ1) is 31.4. The maximum absolute atomic E-state index is 14.2. The predicted molar refractivity (Wildman–Crippen MR) is 172 cm³/mol. The molecule has 0 unspecified atom stereocenters.